The van der Waals surface area contributed by atoms with Gasteiger partial charge in [0.15, 0.2) is 17.6 Å². The Morgan fingerprint density at radius 2 is 1.85 bits per heavy atom. The average molecular weight is 370 g/mol. The summed E-state index contributed by atoms with van der Waals surface area (Å²) in [6.45, 7) is 8.08. The third kappa shape index (κ3) is 5.74. The first kappa shape index (κ1) is 20.3. The lowest BCUT2D eigenvalue weighted by Gasteiger charge is -2.19. The molecule has 0 saturated heterocycles. The number of carbonyl (C=O) groups is 1. The number of nitrogens with zero attached hydrogens (tertiary/aromatic N) is 1. The molecule has 6 heteroatoms. The van der Waals surface area contributed by atoms with E-state index in [-0.39, 0.29) is 17.1 Å². The van der Waals surface area contributed by atoms with Crippen LogP contribution in [0.4, 0.5) is 0 Å². The number of aromatic hydroxyl groups is 1. The molecule has 1 atom stereocenters. The van der Waals surface area contributed by atoms with Crippen molar-refractivity contribution >= 4 is 12.1 Å². The van der Waals surface area contributed by atoms with Crippen molar-refractivity contribution in [3.63, 3.8) is 0 Å². The van der Waals surface area contributed by atoms with E-state index in [1.165, 1.54) is 25.0 Å². The number of hydrazone groups is 1. The first-order valence-electron chi connectivity index (χ1n) is 8.68. The molecule has 0 fully saturated rings. The lowest BCUT2D eigenvalue weighted by molar-refractivity contribution is -0.127. The van der Waals surface area contributed by atoms with E-state index < -0.39 is 6.10 Å². The highest BCUT2D eigenvalue weighted by atomic mass is 16.5. The zero-order chi connectivity index (χ0) is 20.0. The van der Waals surface area contributed by atoms with Gasteiger partial charge in [-0.2, -0.15) is 5.10 Å². The fourth-order valence-electron chi connectivity index (χ4n) is 2.33. The minimum atomic E-state index is -0.697. The van der Waals surface area contributed by atoms with E-state index in [4.69, 9.17) is 9.47 Å². The van der Waals surface area contributed by atoms with Crippen LogP contribution in [0.1, 0.15) is 38.8 Å². The van der Waals surface area contributed by atoms with Crippen molar-refractivity contribution in [2.75, 3.05) is 7.11 Å². The molecule has 2 aromatic carbocycles. The molecule has 0 heterocycles. The second-order valence-electron chi connectivity index (χ2n) is 7.20. The van der Waals surface area contributed by atoms with Gasteiger partial charge in [0.25, 0.3) is 5.91 Å². The summed E-state index contributed by atoms with van der Waals surface area (Å²) in [7, 11) is 1.46. The Morgan fingerprint density at radius 3 is 2.44 bits per heavy atom. The van der Waals surface area contributed by atoms with Crippen molar-refractivity contribution in [3.8, 4) is 17.2 Å². The van der Waals surface area contributed by atoms with E-state index in [1.54, 1.807) is 19.1 Å². The molecule has 1 amide bonds. The third-order valence-electron chi connectivity index (χ3n) is 3.99. The van der Waals surface area contributed by atoms with Crippen LogP contribution in [0, 0.1) is 0 Å². The highest BCUT2D eigenvalue weighted by Gasteiger charge is 2.16. The largest absolute Gasteiger partial charge is 0.504 e. The highest BCUT2D eigenvalue weighted by molar-refractivity contribution is 5.84. The van der Waals surface area contributed by atoms with E-state index in [0.717, 1.165) is 0 Å². The molecule has 0 spiro atoms. The fraction of sp³-hybridized carbons (Fsp3) is 0.333. The second kappa shape index (κ2) is 8.58. The van der Waals surface area contributed by atoms with Gasteiger partial charge in [0.1, 0.15) is 5.75 Å². The van der Waals surface area contributed by atoms with Crippen LogP contribution in [0.25, 0.3) is 0 Å². The topological polar surface area (TPSA) is 80.2 Å². The molecule has 144 valence electrons. The number of hydrogen-bond donors (Lipinski definition) is 2. The van der Waals surface area contributed by atoms with Gasteiger partial charge in [0.05, 0.1) is 13.3 Å². The number of nitrogens with one attached hydrogen (secondary N) is 1. The summed E-state index contributed by atoms with van der Waals surface area (Å²) in [5.41, 5.74) is 4.38. The molecule has 0 aliphatic carbocycles. The molecule has 0 aliphatic rings. The van der Waals surface area contributed by atoms with Gasteiger partial charge in [-0.05, 0) is 53.8 Å². The first-order valence-corrected chi connectivity index (χ1v) is 8.68. The zero-order valence-electron chi connectivity index (χ0n) is 16.3. The molecule has 0 aromatic heterocycles. The van der Waals surface area contributed by atoms with Crippen molar-refractivity contribution in [1.82, 2.24) is 5.43 Å². The van der Waals surface area contributed by atoms with Gasteiger partial charge in [-0.1, -0.05) is 32.9 Å². The molecule has 2 rings (SSSR count). The summed E-state index contributed by atoms with van der Waals surface area (Å²) < 4.78 is 10.7. The maximum absolute atomic E-state index is 12.1. The number of methoxy groups -OCH3 is 1. The molecular weight excluding hydrogens is 344 g/mol. The van der Waals surface area contributed by atoms with Crippen molar-refractivity contribution in [1.29, 1.82) is 0 Å². The lowest BCUT2D eigenvalue weighted by atomic mass is 9.87. The van der Waals surface area contributed by atoms with Crippen LogP contribution < -0.4 is 14.9 Å². The number of ether oxygens (including phenoxy) is 2. The second-order valence-corrected chi connectivity index (χ2v) is 7.20. The predicted molar refractivity (Wildman–Crippen MR) is 106 cm³/mol. The van der Waals surface area contributed by atoms with Crippen molar-refractivity contribution in [2.45, 2.75) is 39.2 Å². The van der Waals surface area contributed by atoms with Crippen molar-refractivity contribution in [3.05, 3.63) is 53.6 Å². The minimum absolute atomic E-state index is 0.0400. The van der Waals surface area contributed by atoms with Crippen LogP contribution in [0.5, 0.6) is 17.2 Å². The summed E-state index contributed by atoms with van der Waals surface area (Å²) in [5, 5.41) is 13.5. The summed E-state index contributed by atoms with van der Waals surface area (Å²) in [5.74, 6) is 0.633. The Hall–Kier alpha value is -3.02. The quantitative estimate of drug-likeness (QED) is 0.601. The smallest absolute Gasteiger partial charge is 0.280 e. The summed E-state index contributed by atoms with van der Waals surface area (Å²) >= 11 is 0. The van der Waals surface area contributed by atoms with Crippen LogP contribution in [-0.2, 0) is 10.2 Å². The standard InChI is InChI=1S/C21H26N2O4/c1-14(27-17-9-7-16(8-10-17)21(2,3)4)20(25)23-22-13-15-6-11-18(24)19(12-15)26-5/h6-14,24H,1-5H3,(H,23,25)/b22-13+. The van der Waals surface area contributed by atoms with Crippen LogP contribution >= 0.6 is 0 Å². The van der Waals surface area contributed by atoms with Crippen molar-refractivity contribution in [2.24, 2.45) is 5.10 Å². The van der Waals surface area contributed by atoms with Gasteiger partial charge in [0, 0.05) is 0 Å². The predicted octanol–water partition coefficient (Wildman–Crippen LogP) is 3.62. The van der Waals surface area contributed by atoms with E-state index >= 15 is 0 Å². The summed E-state index contributed by atoms with van der Waals surface area (Å²) in [6.07, 6.45) is 0.766. The van der Waals surface area contributed by atoms with Crippen LogP contribution in [-0.4, -0.2) is 30.4 Å². The fourth-order valence-corrected chi connectivity index (χ4v) is 2.33. The number of rotatable bonds is 6. The molecule has 6 nitrogen and oxygen atoms in total. The molecule has 0 bridgehead atoms. The number of hydrogen-bond acceptors (Lipinski definition) is 5. The van der Waals surface area contributed by atoms with Crippen LogP contribution in [0.2, 0.25) is 0 Å². The van der Waals surface area contributed by atoms with Gasteiger partial charge in [-0.15, -0.1) is 0 Å². The number of phenolic OH excluding ortho intramolecular Hbond substituents is 1. The van der Waals surface area contributed by atoms with E-state index in [2.05, 4.69) is 31.3 Å². The monoisotopic (exact) mass is 370 g/mol. The minimum Gasteiger partial charge on any atom is -0.504 e. The Bertz CT molecular complexity index is 808. The molecule has 2 N–H and O–H groups in total. The maximum Gasteiger partial charge on any atom is 0.280 e. The van der Waals surface area contributed by atoms with Crippen LogP contribution in [0.3, 0.4) is 0 Å². The highest BCUT2D eigenvalue weighted by Crippen LogP contribution is 2.26. The summed E-state index contributed by atoms with van der Waals surface area (Å²) in [6, 6.07) is 12.5. The Morgan fingerprint density at radius 1 is 1.19 bits per heavy atom. The van der Waals surface area contributed by atoms with Crippen LogP contribution in [0.15, 0.2) is 47.6 Å². The molecular formula is C21H26N2O4. The van der Waals surface area contributed by atoms with Crippen molar-refractivity contribution < 1.29 is 19.4 Å². The number of benzene rings is 2. The van der Waals surface area contributed by atoms with Gasteiger partial charge >= 0.3 is 0 Å². The normalized spacial score (nSPS) is 12.6. The third-order valence-corrected chi connectivity index (χ3v) is 3.99. The van der Waals surface area contributed by atoms with E-state index in [0.29, 0.717) is 17.1 Å². The lowest BCUT2D eigenvalue weighted by Crippen LogP contribution is -2.33. The zero-order valence-corrected chi connectivity index (χ0v) is 16.3. The summed E-state index contributed by atoms with van der Waals surface area (Å²) in [4.78, 5) is 12.1. The molecule has 1 unspecified atom stereocenters. The Balaban J connectivity index is 1.92. The first-order chi connectivity index (χ1) is 12.7. The number of carbonyl (C=O) groups excluding carboxylic acids is 1. The molecule has 0 aliphatic heterocycles. The molecule has 27 heavy (non-hydrogen) atoms. The maximum atomic E-state index is 12.1. The Kier molecular flexibility index (Phi) is 6.45. The number of phenols is 1. The average Bonchev–Trinajstić information content (AvgIpc) is 2.62. The van der Waals surface area contributed by atoms with E-state index in [1.807, 2.05) is 24.3 Å². The SMILES string of the molecule is COc1cc(/C=N/NC(=O)C(C)Oc2ccc(C(C)(C)C)cc2)ccc1O. The molecule has 0 radical (unpaired) electrons. The number of amides is 1. The molecule has 0 saturated carbocycles. The van der Waals surface area contributed by atoms with Gasteiger partial charge < -0.3 is 14.6 Å². The van der Waals surface area contributed by atoms with E-state index in [9.17, 15) is 9.90 Å². The van der Waals surface area contributed by atoms with Gasteiger partial charge in [0.2, 0.25) is 0 Å². The van der Waals surface area contributed by atoms with Gasteiger partial charge in [-0.3, -0.25) is 4.79 Å². The van der Waals surface area contributed by atoms with Gasteiger partial charge in [-0.25, -0.2) is 5.43 Å². The molecule has 2 aromatic rings. The Labute approximate surface area is 159 Å².